The van der Waals surface area contributed by atoms with Gasteiger partial charge >= 0.3 is 0 Å². The number of carbonyl (C=O) groups excluding carboxylic acids is 2. The second-order valence-corrected chi connectivity index (χ2v) is 6.27. The summed E-state index contributed by atoms with van der Waals surface area (Å²) in [7, 11) is 1.56. The van der Waals surface area contributed by atoms with E-state index in [1.165, 1.54) is 4.90 Å². The van der Waals surface area contributed by atoms with Gasteiger partial charge < -0.3 is 20.7 Å². The van der Waals surface area contributed by atoms with E-state index in [2.05, 4.69) is 5.32 Å². The Morgan fingerprint density at radius 3 is 2.65 bits per heavy atom. The first-order chi connectivity index (χ1) is 9.30. The Morgan fingerprint density at radius 2 is 2.10 bits per heavy atom. The number of likely N-dealkylation sites (N-methyl/N-ethyl adjacent to an activating group) is 2. The normalized spacial score (nSPS) is 34.0. The molecule has 0 aromatic rings. The van der Waals surface area contributed by atoms with Crippen molar-refractivity contribution in [2.24, 2.45) is 17.1 Å². The lowest BCUT2D eigenvalue weighted by atomic mass is 9.47. The summed E-state index contributed by atoms with van der Waals surface area (Å²) in [5.41, 5.74) is 5.17. The first kappa shape index (κ1) is 15.3. The Balaban J connectivity index is 2.20. The van der Waals surface area contributed by atoms with Gasteiger partial charge in [0.15, 0.2) is 0 Å². The van der Waals surface area contributed by atoms with Crippen LogP contribution < -0.4 is 11.1 Å². The van der Waals surface area contributed by atoms with Crippen LogP contribution in [0.1, 0.15) is 27.2 Å². The number of hydrogen-bond acceptors (Lipinski definition) is 4. The Morgan fingerprint density at radius 1 is 1.45 bits per heavy atom. The van der Waals surface area contributed by atoms with Gasteiger partial charge in [0.2, 0.25) is 11.8 Å². The Bertz CT molecular complexity index is 424. The van der Waals surface area contributed by atoms with Crippen molar-refractivity contribution >= 4 is 11.8 Å². The van der Waals surface area contributed by atoms with Crippen molar-refractivity contribution in [3.63, 3.8) is 0 Å². The van der Waals surface area contributed by atoms with Crippen LogP contribution in [0, 0.1) is 11.3 Å². The molecule has 1 aliphatic carbocycles. The van der Waals surface area contributed by atoms with Crippen LogP contribution in [0.2, 0.25) is 0 Å². The first-order valence-corrected chi connectivity index (χ1v) is 7.21. The fraction of sp³-hybridized carbons (Fsp3) is 0.857. The van der Waals surface area contributed by atoms with Crippen molar-refractivity contribution in [3.8, 4) is 0 Å². The molecule has 1 saturated carbocycles. The van der Waals surface area contributed by atoms with Crippen molar-refractivity contribution in [1.29, 1.82) is 0 Å². The largest absolute Gasteiger partial charge is 0.377 e. The molecule has 6 nitrogen and oxygen atoms in total. The number of nitrogens with two attached hydrogens (primary N) is 1. The molecule has 2 rings (SSSR count). The number of fused-ring (bicyclic) bond motifs is 1. The number of ether oxygens (including phenoxy) is 1. The highest BCUT2D eigenvalue weighted by atomic mass is 16.5. The van der Waals surface area contributed by atoms with Gasteiger partial charge in [-0.25, -0.2) is 0 Å². The van der Waals surface area contributed by atoms with E-state index in [4.69, 9.17) is 10.5 Å². The van der Waals surface area contributed by atoms with Crippen molar-refractivity contribution in [1.82, 2.24) is 10.2 Å². The third-order valence-electron chi connectivity index (χ3n) is 5.09. The highest BCUT2D eigenvalue weighted by molar-refractivity contribution is 5.92. The highest BCUT2D eigenvalue weighted by Gasteiger charge is 2.71. The minimum absolute atomic E-state index is 0.0511. The summed E-state index contributed by atoms with van der Waals surface area (Å²) in [6.45, 7) is 7.00. The van der Waals surface area contributed by atoms with Crippen molar-refractivity contribution in [3.05, 3.63) is 0 Å². The molecule has 2 fully saturated rings. The van der Waals surface area contributed by atoms with Crippen LogP contribution in [-0.4, -0.2) is 55.1 Å². The van der Waals surface area contributed by atoms with Gasteiger partial charge in [-0.15, -0.1) is 0 Å². The fourth-order valence-electron chi connectivity index (χ4n) is 3.66. The van der Waals surface area contributed by atoms with Crippen LogP contribution in [0.4, 0.5) is 0 Å². The maximum absolute atomic E-state index is 12.9. The van der Waals surface area contributed by atoms with Crippen LogP contribution in [-0.2, 0) is 14.3 Å². The average molecular weight is 283 g/mol. The summed E-state index contributed by atoms with van der Waals surface area (Å²) in [5.74, 6) is -0.260. The van der Waals surface area contributed by atoms with E-state index in [9.17, 15) is 9.59 Å². The molecule has 0 radical (unpaired) electrons. The van der Waals surface area contributed by atoms with Crippen LogP contribution in [0.15, 0.2) is 0 Å². The SMILES string of the molecule is CCN(CC(=O)NC)C(=O)C1(N)C2CCOC2C1(C)C. The van der Waals surface area contributed by atoms with E-state index < -0.39 is 11.0 Å². The minimum atomic E-state index is -0.932. The molecule has 1 saturated heterocycles. The van der Waals surface area contributed by atoms with E-state index in [1.54, 1.807) is 7.05 Å². The summed E-state index contributed by atoms with van der Waals surface area (Å²) in [6, 6.07) is 0. The Labute approximate surface area is 120 Å². The summed E-state index contributed by atoms with van der Waals surface area (Å²) >= 11 is 0. The predicted octanol–water partition coefficient (Wildman–Crippen LogP) is -0.277. The topological polar surface area (TPSA) is 84.7 Å². The molecule has 0 spiro atoms. The van der Waals surface area contributed by atoms with Gasteiger partial charge in [-0.3, -0.25) is 9.59 Å². The Kier molecular flexibility index (Phi) is 3.81. The third-order valence-corrected chi connectivity index (χ3v) is 5.09. The molecule has 114 valence electrons. The zero-order valence-corrected chi connectivity index (χ0v) is 12.7. The lowest BCUT2D eigenvalue weighted by Gasteiger charge is -2.61. The first-order valence-electron chi connectivity index (χ1n) is 7.21. The monoisotopic (exact) mass is 283 g/mol. The molecule has 1 aliphatic heterocycles. The predicted molar refractivity (Wildman–Crippen MR) is 74.9 cm³/mol. The molecule has 2 aliphatic rings. The van der Waals surface area contributed by atoms with Crippen molar-refractivity contribution in [2.45, 2.75) is 38.8 Å². The number of nitrogens with one attached hydrogen (secondary N) is 1. The third kappa shape index (κ3) is 1.85. The molecule has 0 aromatic carbocycles. The second-order valence-electron chi connectivity index (χ2n) is 6.27. The maximum Gasteiger partial charge on any atom is 0.244 e. The van der Waals surface area contributed by atoms with E-state index in [0.29, 0.717) is 13.2 Å². The van der Waals surface area contributed by atoms with Crippen molar-refractivity contribution in [2.75, 3.05) is 26.7 Å². The van der Waals surface area contributed by atoms with E-state index in [1.807, 2.05) is 20.8 Å². The van der Waals surface area contributed by atoms with Gasteiger partial charge in [-0.1, -0.05) is 13.8 Å². The molecule has 6 heteroatoms. The Hall–Kier alpha value is -1.14. The minimum Gasteiger partial charge on any atom is -0.377 e. The number of nitrogens with zero attached hydrogens (tertiary/aromatic N) is 1. The van der Waals surface area contributed by atoms with Gasteiger partial charge in [-0.2, -0.15) is 0 Å². The van der Waals surface area contributed by atoms with Gasteiger partial charge in [0.1, 0.15) is 5.54 Å². The molecular weight excluding hydrogens is 258 g/mol. The summed E-state index contributed by atoms with van der Waals surface area (Å²) in [5, 5.41) is 2.54. The molecule has 1 heterocycles. The van der Waals surface area contributed by atoms with E-state index in [-0.39, 0.29) is 30.4 Å². The number of hydrogen-bond donors (Lipinski definition) is 2. The number of carbonyl (C=O) groups is 2. The zero-order valence-electron chi connectivity index (χ0n) is 12.7. The molecule has 0 bridgehead atoms. The van der Waals surface area contributed by atoms with Gasteiger partial charge in [0, 0.05) is 31.5 Å². The van der Waals surface area contributed by atoms with Gasteiger partial charge in [-0.05, 0) is 13.3 Å². The molecule has 3 N–H and O–H groups in total. The van der Waals surface area contributed by atoms with Crippen molar-refractivity contribution < 1.29 is 14.3 Å². The molecular formula is C14H25N3O3. The summed E-state index contributed by atoms with van der Waals surface area (Å²) in [4.78, 5) is 25.9. The fourth-order valence-corrected chi connectivity index (χ4v) is 3.66. The standard InChI is InChI=1S/C14H25N3O3/c1-5-17(8-10(18)16-4)12(19)14(15)9-6-7-20-11(9)13(14,2)3/h9,11H,5-8,15H2,1-4H3,(H,16,18). The summed E-state index contributed by atoms with van der Waals surface area (Å²) < 4.78 is 5.70. The molecule has 3 unspecified atom stereocenters. The molecule has 2 amide bonds. The molecule has 0 aromatic heterocycles. The van der Waals surface area contributed by atoms with Gasteiger partial charge in [0.05, 0.1) is 12.6 Å². The lowest BCUT2D eigenvalue weighted by Crippen LogP contribution is -2.80. The average Bonchev–Trinajstić information content (AvgIpc) is 2.90. The van der Waals surface area contributed by atoms with E-state index >= 15 is 0 Å². The summed E-state index contributed by atoms with van der Waals surface area (Å²) in [6.07, 6.45) is 0.864. The number of rotatable bonds is 4. The van der Waals surface area contributed by atoms with Gasteiger partial charge in [0.25, 0.3) is 0 Å². The van der Waals surface area contributed by atoms with Crippen LogP contribution in [0.3, 0.4) is 0 Å². The smallest absolute Gasteiger partial charge is 0.244 e. The van der Waals surface area contributed by atoms with Crippen LogP contribution >= 0.6 is 0 Å². The van der Waals surface area contributed by atoms with E-state index in [0.717, 1.165) is 6.42 Å². The highest BCUT2D eigenvalue weighted by Crippen LogP contribution is 2.58. The zero-order chi connectivity index (χ0) is 15.1. The second kappa shape index (κ2) is 5.00. The maximum atomic E-state index is 12.9. The number of amides is 2. The quantitative estimate of drug-likeness (QED) is 0.743. The van der Waals surface area contributed by atoms with Crippen LogP contribution in [0.25, 0.3) is 0 Å². The molecule has 3 atom stereocenters. The van der Waals surface area contributed by atoms with Crippen LogP contribution in [0.5, 0.6) is 0 Å². The molecule has 20 heavy (non-hydrogen) atoms. The lowest BCUT2D eigenvalue weighted by molar-refractivity contribution is -0.184.